The van der Waals surface area contributed by atoms with E-state index in [1.54, 1.807) is 24.3 Å². The molecule has 1 heterocycles. The quantitative estimate of drug-likeness (QED) is 0.586. The molecule has 23 heavy (non-hydrogen) atoms. The minimum absolute atomic E-state index is 0.223. The molecule has 0 spiro atoms. The summed E-state index contributed by atoms with van der Waals surface area (Å²) in [6.45, 7) is 0. The highest BCUT2D eigenvalue weighted by molar-refractivity contribution is 5.83. The van der Waals surface area contributed by atoms with Gasteiger partial charge in [0.25, 0.3) is 0 Å². The summed E-state index contributed by atoms with van der Waals surface area (Å²) in [4.78, 5) is 4.73. The number of phenols is 2. The van der Waals surface area contributed by atoms with E-state index in [0.717, 1.165) is 28.1 Å². The summed E-state index contributed by atoms with van der Waals surface area (Å²) in [5, 5.41) is 19.0. The fourth-order valence-corrected chi connectivity index (χ4v) is 2.69. The van der Waals surface area contributed by atoms with Crippen molar-refractivity contribution in [1.82, 2.24) is 9.55 Å². The van der Waals surface area contributed by atoms with Crippen LogP contribution < -0.4 is 0 Å². The Morgan fingerprint density at radius 2 is 1.30 bits per heavy atom. The number of phenolic OH excluding ortho intramolecular Hbond substituents is 2. The highest BCUT2D eigenvalue weighted by Crippen LogP contribution is 2.29. The molecule has 4 heteroatoms. The van der Waals surface area contributed by atoms with E-state index in [-0.39, 0.29) is 11.5 Å². The summed E-state index contributed by atoms with van der Waals surface area (Å²) >= 11 is 0. The van der Waals surface area contributed by atoms with Gasteiger partial charge in [0.05, 0.1) is 11.0 Å². The molecule has 112 valence electrons. The third kappa shape index (κ3) is 2.30. The summed E-state index contributed by atoms with van der Waals surface area (Å²) in [5.41, 5.74) is 3.71. The van der Waals surface area contributed by atoms with E-state index in [4.69, 9.17) is 4.98 Å². The SMILES string of the molecule is Oc1ccc(-c2nc3ccccc3n2-c2ccc(O)cc2)cc1. The lowest BCUT2D eigenvalue weighted by Gasteiger charge is -2.10. The van der Waals surface area contributed by atoms with Gasteiger partial charge in [0.2, 0.25) is 0 Å². The van der Waals surface area contributed by atoms with Gasteiger partial charge in [-0.3, -0.25) is 4.57 Å². The van der Waals surface area contributed by atoms with Gasteiger partial charge < -0.3 is 10.2 Å². The standard InChI is InChI=1S/C19H14N2O2/c22-15-9-5-13(6-10-15)19-20-17-3-1-2-4-18(17)21(19)14-7-11-16(23)12-8-14/h1-12,22-23H. The van der Waals surface area contributed by atoms with Gasteiger partial charge in [0.15, 0.2) is 0 Å². The van der Waals surface area contributed by atoms with Crippen LogP contribution in [0, 0.1) is 0 Å². The molecular weight excluding hydrogens is 288 g/mol. The zero-order valence-electron chi connectivity index (χ0n) is 12.2. The molecule has 4 nitrogen and oxygen atoms in total. The first-order valence-electron chi connectivity index (χ1n) is 7.29. The minimum Gasteiger partial charge on any atom is -0.508 e. The van der Waals surface area contributed by atoms with Crippen LogP contribution in [0.15, 0.2) is 72.8 Å². The predicted molar refractivity (Wildman–Crippen MR) is 89.8 cm³/mol. The first-order valence-corrected chi connectivity index (χ1v) is 7.29. The van der Waals surface area contributed by atoms with Crippen LogP contribution in [0.25, 0.3) is 28.1 Å². The largest absolute Gasteiger partial charge is 0.508 e. The summed E-state index contributed by atoms with van der Waals surface area (Å²) < 4.78 is 2.04. The molecule has 0 aliphatic rings. The molecule has 0 unspecified atom stereocenters. The highest BCUT2D eigenvalue weighted by Gasteiger charge is 2.13. The average Bonchev–Trinajstić information content (AvgIpc) is 2.96. The van der Waals surface area contributed by atoms with Gasteiger partial charge in [-0.05, 0) is 60.7 Å². The Morgan fingerprint density at radius 1 is 0.696 bits per heavy atom. The maximum atomic E-state index is 9.53. The molecule has 0 bridgehead atoms. The van der Waals surface area contributed by atoms with E-state index in [2.05, 4.69) is 0 Å². The molecule has 0 atom stereocenters. The van der Waals surface area contributed by atoms with Crippen molar-refractivity contribution in [2.24, 2.45) is 0 Å². The van der Waals surface area contributed by atoms with Gasteiger partial charge in [-0.1, -0.05) is 12.1 Å². The summed E-state index contributed by atoms with van der Waals surface area (Å²) in [6.07, 6.45) is 0. The second-order valence-corrected chi connectivity index (χ2v) is 5.32. The first-order chi connectivity index (χ1) is 11.2. The molecule has 0 radical (unpaired) electrons. The Labute approximate surface area is 132 Å². The third-order valence-corrected chi connectivity index (χ3v) is 3.79. The van der Waals surface area contributed by atoms with Crippen molar-refractivity contribution < 1.29 is 10.2 Å². The van der Waals surface area contributed by atoms with E-state index in [1.807, 2.05) is 53.1 Å². The molecule has 0 fully saturated rings. The molecule has 0 saturated carbocycles. The molecular formula is C19H14N2O2. The molecule has 0 amide bonds. The van der Waals surface area contributed by atoms with Gasteiger partial charge >= 0.3 is 0 Å². The maximum Gasteiger partial charge on any atom is 0.145 e. The van der Waals surface area contributed by atoms with Gasteiger partial charge in [0, 0.05) is 11.3 Å². The fourth-order valence-electron chi connectivity index (χ4n) is 2.69. The minimum atomic E-state index is 0.223. The highest BCUT2D eigenvalue weighted by atomic mass is 16.3. The number of rotatable bonds is 2. The van der Waals surface area contributed by atoms with E-state index in [1.165, 1.54) is 0 Å². The lowest BCUT2D eigenvalue weighted by Crippen LogP contribution is -1.97. The van der Waals surface area contributed by atoms with Crippen molar-refractivity contribution in [2.75, 3.05) is 0 Å². The monoisotopic (exact) mass is 302 g/mol. The number of hydrogen-bond donors (Lipinski definition) is 2. The maximum absolute atomic E-state index is 9.53. The van der Waals surface area contributed by atoms with Crippen LogP contribution in [-0.4, -0.2) is 19.8 Å². The number of benzene rings is 3. The number of para-hydroxylation sites is 2. The number of imidazole rings is 1. The van der Waals surface area contributed by atoms with Crippen LogP contribution in [0.2, 0.25) is 0 Å². The van der Waals surface area contributed by atoms with Crippen molar-refractivity contribution in [1.29, 1.82) is 0 Å². The molecule has 3 aromatic carbocycles. The van der Waals surface area contributed by atoms with E-state index in [0.29, 0.717) is 0 Å². The predicted octanol–water partition coefficient (Wildman–Crippen LogP) is 4.10. The molecule has 4 aromatic rings. The van der Waals surface area contributed by atoms with Gasteiger partial charge in [0.1, 0.15) is 17.3 Å². The van der Waals surface area contributed by atoms with Crippen LogP contribution in [0.5, 0.6) is 11.5 Å². The van der Waals surface area contributed by atoms with E-state index in [9.17, 15) is 10.2 Å². The van der Waals surface area contributed by atoms with Crippen molar-refractivity contribution in [3.63, 3.8) is 0 Å². The van der Waals surface area contributed by atoms with Gasteiger partial charge in [-0.2, -0.15) is 0 Å². The zero-order chi connectivity index (χ0) is 15.8. The number of aromatic nitrogens is 2. The first kappa shape index (κ1) is 13.4. The number of fused-ring (bicyclic) bond motifs is 1. The molecule has 0 aliphatic heterocycles. The molecule has 0 aliphatic carbocycles. The normalized spacial score (nSPS) is 11.0. The fraction of sp³-hybridized carbons (Fsp3) is 0. The Bertz CT molecular complexity index is 971. The van der Waals surface area contributed by atoms with Crippen LogP contribution in [0.3, 0.4) is 0 Å². The number of hydrogen-bond acceptors (Lipinski definition) is 3. The lowest BCUT2D eigenvalue weighted by atomic mass is 10.2. The van der Waals surface area contributed by atoms with Crippen LogP contribution in [-0.2, 0) is 0 Å². The Balaban J connectivity index is 2.01. The van der Waals surface area contributed by atoms with Crippen molar-refractivity contribution in [2.45, 2.75) is 0 Å². The Morgan fingerprint density at radius 3 is 2.00 bits per heavy atom. The van der Waals surface area contributed by atoms with Crippen molar-refractivity contribution >= 4 is 11.0 Å². The summed E-state index contributed by atoms with van der Waals surface area (Å²) in [7, 11) is 0. The molecule has 2 N–H and O–H groups in total. The molecule has 4 rings (SSSR count). The van der Waals surface area contributed by atoms with Gasteiger partial charge in [-0.15, -0.1) is 0 Å². The summed E-state index contributed by atoms with van der Waals surface area (Å²) in [6, 6.07) is 21.9. The zero-order valence-corrected chi connectivity index (χ0v) is 12.2. The van der Waals surface area contributed by atoms with Crippen molar-refractivity contribution in [3.8, 4) is 28.6 Å². The second kappa shape index (κ2) is 5.18. The Kier molecular flexibility index (Phi) is 3.01. The van der Waals surface area contributed by atoms with Crippen LogP contribution in [0.4, 0.5) is 0 Å². The topological polar surface area (TPSA) is 58.3 Å². The number of aromatic hydroxyl groups is 2. The lowest BCUT2D eigenvalue weighted by molar-refractivity contribution is 0.474. The van der Waals surface area contributed by atoms with Crippen LogP contribution in [0.1, 0.15) is 0 Å². The average molecular weight is 302 g/mol. The second-order valence-electron chi connectivity index (χ2n) is 5.32. The van der Waals surface area contributed by atoms with E-state index >= 15 is 0 Å². The molecule has 0 saturated heterocycles. The van der Waals surface area contributed by atoms with Crippen molar-refractivity contribution in [3.05, 3.63) is 72.8 Å². The third-order valence-electron chi connectivity index (χ3n) is 3.79. The summed E-state index contributed by atoms with van der Waals surface area (Å²) in [5.74, 6) is 1.24. The smallest absolute Gasteiger partial charge is 0.145 e. The number of nitrogens with zero attached hydrogens (tertiary/aromatic N) is 2. The van der Waals surface area contributed by atoms with Crippen LogP contribution >= 0.6 is 0 Å². The molecule has 1 aromatic heterocycles. The van der Waals surface area contributed by atoms with E-state index < -0.39 is 0 Å². The Hall–Kier alpha value is -3.27. The van der Waals surface area contributed by atoms with Gasteiger partial charge in [-0.25, -0.2) is 4.98 Å².